The van der Waals surface area contributed by atoms with Crippen LogP contribution in [0.4, 0.5) is 8.78 Å². The summed E-state index contributed by atoms with van der Waals surface area (Å²) in [6.07, 6.45) is 0. The second kappa shape index (κ2) is 7.04. The lowest BCUT2D eigenvalue weighted by molar-refractivity contribution is 0.0922. The van der Waals surface area contributed by atoms with Gasteiger partial charge in [-0.15, -0.1) is 0 Å². The summed E-state index contributed by atoms with van der Waals surface area (Å²) in [6.45, 7) is 3.55. The van der Waals surface area contributed by atoms with Crippen LogP contribution in [-0.2, 0) is 0 Å². The van der Waals surface area contributed by atoms with Crippen molar-refractivity contribution >= 4 is 11.8 Å². The summed E-state index contributed by atoms with van der Waals surface area (Å²) in [5, 5.41) is 4.94. The number of furan rings is 1. The summed E-state index contributed by atoms with van der Waals surface area (Å²) in [7, 11) is 0. The summed E-state index contributed by atoms with van der Waals surface area (Å²) in [4.78, 5) is 23.6. The van der Waals surface area contributed by atoms with Gasteiger partial charge < -0.3 is 15.1 Å². The summed E-state index contributed by atoms with van der Waals surface area (Å²) < 4.78 is 32.1. The number of hydrogen-bond acceptors (Lipinski definition) is 3. The van der Waals surface area contributed by atoms with E-state index in [1.54, 1.807) is 19.9 Å². The van der Waals surface area contributed by atoms with E-state index in [-0.39, 0.29) is 19.0 Å². The Morgan fingerprint density at radius 3 is 2.13 bits per heavy atom. The number of halogens is 2. The summed E-state index contributed by atoms with van der Waals surface area (Å²) in [5.41, 5.74) is -0.228. The average molecular weight is 322 g/mol. The molecular formula is C16H16F2N2O3. The molecule has 1 aromatic heterocycles. The van der Waals surface area contributed by atoms with E-state index in [4.69, 9.17) is 4.42 Å². The van der Waals surface area contributed by atoms with Crippen LogP contribution in [-0.4, -0.2) is 24.9 Å². The van der Waals surface area contributed by atoms with Crippen LogP contribution in [0.1, 0.15) is 32.2 Å². The van der Waals surface area contributed by atoms with Crippen LogP contribution in [0, 0.1) is 25.5 Å². The lowest BCUT2D eigenvalue weighted by atomic mass is 10.2. The van der Waals surface area contributed by atoms with Gasteiger partial charge in [-0.1, -0.05) is 6.07 Å². The number of carbonyl (C=O) groups excluding carboxylic acids is 2. The molecule has 0 spiro atoms. The first kappa shape index (κ1) is 16.7. The van der Waals surface area contributed by atoms with Crippen molar-refractivity contribution in [3.63, 3.8) is 0 Å². The molecule has 0 fully saturated rings. The van der Waals surface area contributed by atoms with Crippen LogP contribution in [0.15, 0.2) is 28.7 Å². The number of amides is 2. The Balaban J connectivity index is 1.85. The van der Waals surface area contributed by atoms with Crippen molar-refractivity contribution in [3.8, 4) is 0 Å². The third kappa shape index (κ3) is 3.94. The van der Waals surface area contributed by atoms with Crippen molar-refractivity contribution in [1.82, 2.24) is 10.6 Å². The van der Waals surface area contributed by atoms with E-state index in [2.05, 4.69) is 10.6 Å². The topological polar surface area (TPSA) is 71.3 Å². The number of rotatable bonds is 5. The molecule has 122 valence electrons. The highest BCUT2D eigenvalue weighted by atomic mass is 19.1. The zero-order chi connectivity index (χ0) is 17.0. The molecule has 0 aliphatic heterocycles. The number of nitrogens with one attached hydrogen (secondary N) is 2. The van der Waals surface area contributed by atoms with Crippen molar-refractivity contribution in [1.29, 1.82) is 0 Å². The van der Waals surface area contributed by atoms with E-state index in [9.17, 15) is 18.4 Å². The molecule has 7 heteroatoms. The Bertz CT molecular complexity index is 721. The Morgan fingerprint density at radius 1 is 1.04 bits per heavy atom. The van der Waals surface area contributed by atoms with Gasteiger partial charge in [0.2, 0.25) is 0 Å². The molecule has 0 radical (unpaired) electrons. The van der Waals surface area contributed by atoms with E-state index in [0.29, 0.717) is 17.1 Å². The van der Waals surface area contributed by atoms with Crippen molar-refractivity contribution in [2.75, 3.05) is 13.1 Å². The fourth-order valence-corrected chi connectivity index (χ4v) is 2.11. The van der Waals surface area contributed by atoms with Crippen LogP contribution < -0.4 is 10.6 Å². The monoisotopic (exact) mass is 322 g/mol. The second-order valence-corrected chi connectivity index (χ2v) is 4.94. The molecule has 2 N–H and O–H groups in total. The van der Waals surface area contributed by atoms with E-state index in [1.165, 1.54) is 6.07 Å². The van der Waals surface area contributed by atoms with Crippen LogP contribution in [0.2, 0.25) is 0 Å². The molecule has 2 amide bonds. The van der Waals surface area contributed by atoms with E-state index >= 15 is 0 Å². The molecule has 23 heavy (non-hydrogen) atoms. The number of hydrogen-bond donors (Lipinski definition) is 2. The first-order chi connectivity index (χ1) is 10.9. The summed E-state index contributed by atoms with van der Waals surface area (Å²) in [5.74, 6) is -1.96. The molecule has 0 saturated heterocycles. The highest BCUT2D eigenvalue weighted by Crippen LogP contribution is 2.13. The molecule has 0 saturated carbocycles. The predicted molar refractivity (Wildman–Crippen MR) is 79.2 cm³/mol. The van der Waals surface area contributed by atoms with Gasteiger partial charge >= 0.3 is 0 Å². The van der Waals surface area contributed by atoms with E-state index in [1.807, 2.05) is 0 Å². The first-order valence-corrected chi connectivity index (χ1v) is 6.97. The van der Waals surface area contributed by atoms with Gasteiger partial charge in [0, 0.05) is 13.1 Å². The van der Waals surface area contributed by atoms with Crippen molar-refractivity contribution < 1.29 is 22.8 Å². The predicted octanol–water partition coefficient (Wildman–Crippen LogP) is 2.33. The molecule has 0 bridgehead atoms. The average Bonchev–Trinajstić information content (AvgIpc) is 2.82. The SMILES string of the molecule is Cc1cc(C(=O)NCCNC(=O)c2c(F)cccc2F)c(C)o1. The molecule has 0 unspecified atom stereocenters. The molecule has 1 aromatic carbocycles. The lowest BCUT2D eigenvalue weighted by Gasteiger charge is -2.08. The summed E-state index contributed by atoms with van der Waals surface area (Å²) >= 11 is 0. The van der Waals surface area contributed by atoms with E-state index in [0.717, 1.165) is 12.1 Å². The maximum Gasteiger partial charge on any atom is 0.257 e. The Kier molecular flexibility index (Phi) is 5.10. The Labute approximate surface area is 131 Å². The molecule has 0 aliphatic rings. The quantitative estimate of drug-likeness (QED) is 0.830. The van der Waals surface area contributed by atoms with Gasteiger partial charge in [-0.25, -0.2) is 8.78 Å². The van der Waals surface area contributed by atoms with Crippen molar-refractivity contribution in [2.45, 2.75) is 13.8 Å². The second-order valence-electron chi connectivity index (χ2n) is 4.94. The van der Waals surface area contributed by atoms with Gasteiger partial charge in [0.15, 0.2) is 0 Å². The first-order valence-electron chi connectivity index (χ1n) is 6.97. The third-order valence-corrected chi connectivity index (χ3v) is 3.17. The highest BCUT2D eigenvalue weighted by molar-refractivity contribution is 5.96. The number of aryl methyl sites for hydroxylation is 2. The van der Waals surface area contributed by atoms with Gasteiger partial charge in [0.05, 0.1) is 5.56 Å². The number of carbonyl (C=O) groups is 2. The van der Waals surface area contributed by atoms with Crippen molar-refractivity contribution in [3.05, 3.63) is 58.5 Å². The fraction of sp³-hybridized carbons (Fsp3) is 0.250. The van der Waals surface area contributed by atoms with Gasteiger partial charge in [-0.05, 0) is 32.0 Å². The summed E-state index contributed by atoms with van der Waals surface area (Å²) in [6, 6.07) is 4.79. The third-order valence-electron chi connectivity index (χ3n) is 3.17. The maximum absolute atomic E-state index is 13.4. The maximum atomic E-state index is 13.4. The minimum Gasteiger partial charge on any atom is -0.466 e. The smallest absolute Gasteiger partial charge is 0.257 e. The Morgan fingerprint density at radius 2 is 1.61 bits per heavy atom. The van der Waals surface area contributed by atoms with Crippen LogP contribution in [0.25, 0.3) is 0 Å². The molecule has 1 heterocycles. The van der Waals surface area contributed by atoms with Gasteiger partial charge in [0.25, 0.3) is 11.8 Å². The van der Waals surface area contributed by atoms with Gasteiger partial charge in [-0.2, -0.15) is 0 Å². The zero-order valence-electron chi connectivity index (χ0n) is 12.7. The van der Waals surface area contributed by atoms with Gasteiger partial charge in [0.1, 0.15) is 28.7 Å². The van der Waals surface area contributed by atoms with E-state index < -0.39 is 23.1 Å². The van der Waals surface area contributed by atoms with Gasteiger partial charge in [-0.3, -0.25) is 9.59 Å². The molecule has 0 aliphatic carbocycles. The molecular weight excluding hydrogens is 306 g/mol. The standard InChI is InChI=1S/C16H16F2N2O3/c1-9-8-11(10(2)23-9)15(21)19-6-7-20-16(22)14-12(17)4-3-5-13(14)18/h3-5,8H,6-7H2,1-2H3,(H,19,21)(H,20,22). The zero-order valence-corrected chi connectivity index (χ0v) is 12.7. The molecule has 2 rings (SSSR count). The Hall–Kier alpha value is -2.70. The molecule has 0 atom stereocenters. The largest absolute Gasteiger partial charge is 0.466 e. The fourth-order valence-electron chi connectivity index (χ4n) is 2.11. The van der Waals surface area contributed by atoms with Crippen LogP contribution >= 0.6 is 0 Å². The minimum absolute atomic E-state index is 0.0359. The molecule has 5 nitrogen and oxygen atoms in total. The number of benzene rings is 1. The lowest BCUT2D eigenvalue weighted by Crippen LogP contribution is -2.35. The van der Waals surface area contributed by atoms with Crippen LogP contribution in [0.3, 0.4) is 0 Å². The minimum atomic E-state index is -0.934. The highest BCUT2D eigenvalue weighted by Gasteiger charge is 2.17. The molecule has 2 aromatic rings. The normalized spacial score (nSPS) is 10.4. The van der Waals surface area contributed by atoms with Crippen molar-refractivity contribution in [2.24, 2.45) is 0 Å². The van der Waals surface area contributed by atoms with Crippen LogP contribution in [0.5, 0.6) is 0 Å².